The lowest BCUT2D eigenvalue weighted by Crippen LogP contribution is -2.48. The molecule has 0 aliphatic carbocycles. The number of hydrogen-bond acceptors (Lipinski definition) is 3. The molecule has 1 saturated heterocycles. The molecule has 1 heterocycles. The zero-order valence-electron chi connectivity index (χ0n) is 8.67. The smallest absolute Gasteiger partial charge is 0.239 e. The average molecular weight is 215 g/mol. The average Bonchev–Trinajstić information content (AvgIpc) is 2.15. The van der Waals surface area contributed by atoms with Crippen LogP contribution in [0.4, 0.5) is 0 Å². The van der Waals surface area contributed by atoms with Crippen molar-refractivity contribution in [1.29, 1.82) is 0 Å². The molecule has 1 fully saturated rings. The van der Waals surface area contributed by atoms with E-state index in [4.69, 9.17) is 5.73 Å². The molecule has 14 heavy (non-hydrogen) atoms. The number of hydrogen-bond donors (Lipinski definition) is 2. The zero-order valence-corrected chi connectivity index (χ0v) is 9.49. The number of carbonyl (C=O) groups excluding carboxylic acids is 1. The summed E-state index contributed by atoms with van der Waals surface area (Å²) in [4.78, 5) is 14.7. The van der Waals surface area contributed by atoms with Gasteiger partial charge in [0.1, 0.15) is 6.54 Å². The number of aliphatic imine (C=N–C) groups is 1. The second-order valence-electron chi connectivity index (χ2n) is 3.73. The maximum absolute atomic E-state index is 10.6. The van der Waals surface area contributed by atoms with E-state index in [2.05, 4.69) is 24.2 Å². The first-order chi connectivity index (χ1) is 6.56. The topological polar surface area (TPSA) is 67.5 Å². The predicted molar refractivity (Wildman–Crippen MR) is 60.4 cm³/mol. The number of amides is 1. The van der Waals surface area contributed by atoms with Crippen LogP contribution in [0.1, 0.15) is 26.7 Å². The summed E-state index contributed by atoms with van der Waals surface area (Å²) in [6.45, 7) is 4.40. The molecule has 0 aromatic rings. The van der Waals surface area contributed by atoms with Gasteiger partial charge in [0, 0.05) is 11.3 Å². The molecule has 1 rings (SSSR count). The van der Waals surface area contributed by atoms with Crippen LogP contribution in [0.2, 0.25) is 0 Å². The Kier molecular flexibility index (Phi) is 3.80. The lowest BCUT2D eigenvalue weighted by molar-refractivity contribution is -0.116. The third-order valence-electron chi connectivity index (χ3n) is 2.46. The van der Waals surface area contributed by atoms with Crippen LogP contribution in [0.25, 0.3) is 0 Å². The van der Waals surface area contributed by atoms with Crippen molar-refractivity contribution in [2.24, 2.45) is 10.7 Å². The van der Waals surface area contributed by atoms with Crippen molar-refractivity contribution < 1.29 is 4.79 Å². The van der Waals surface area contributed by atoms with Crippen molar-refractivity contribution in [3.05, 3.63) is 0 Å². The van der Waals surface area contributed by atoms with Gasteiger partial charge in [-0.2, -0.15) is 0 Å². The maximum atomic E-state index is 10.6. The zero-order chi connectivity index (χ0) is 10.6. The quantitative estimate of drug-likeness (QED) is 0.729. The van der Waals surface area contributed by atoms with Crippen LogP contribution in [0, 0.1) is 0 Å². The van der Waals surface area contributed by atoms with Gasteiger partial charge in [0.05, 0.1) is 0 Å². The molecule has 0 radical (unpaired) electrons. The number of rotatable bonds is 3. The van der Waals surface area contributed by atoms with Crippen LogP contribution >= 0.6 is 11.8 Å². The summed E-state index contributed by atoms with van der Waals surface area (Å²) in [5.74, 6) is 0.665. The molecule has 0 saturated carbocycles. The molecule has 0 bridgehead atoms. The summed E-state index contributed by atoms with van der Waals surface area (Å²) in [6, 6.07) is 0. The number of carbonyl (C=O) groups is 1. The molecule has 4 nitrogen and oxygen atoms in total. The number of primary amides is 1. The lowest BCUT2D eigenvalue weighted by atomic mass is 9.96. The van der Waals surface area contributed by atoms with E-state index >= 15 is 0 Å². The summed E-state index contributed by atoms with van der Waals surface area (Å²) < 4.78 is 0. The Morgan fingerprint density at radius 2 is 2.50 bits per heavy atom. The Balaban J connectivity index is 2.55. The third-order valence-corrected chi connectivity index (χ3v) is 3.37. The molecule has 80 valence electrons. The summed E-state index contributed by atoms with van der Waals surface area (Å²) in [6.07, 6.45) is 2.19. The molecule has 0 aromatic carbocycles. The second kappa shape index (κ2) is 4.68. The van der Waals surface area contributed by atoms with E-state index in [-0.39, 0.29) is 18.0 Å². The van der Waals surface area contributed by atoms with Gasteiger partial charge < -0.3 is 11.1 Å². The summed E-state index contributed by atoms with van der Waals surface area (Å²) in [5.41, 5.74) is 5.15. The van der Waals surface area contributed by atoms with Crippen LogP contribution in [0.15, 0.2) is 4.99 Å². The van der Waals surface area contributed by atoms with Crippen molar-refractivity contribution in [3.63, 3.8) is 0 Å². The molecule has 1 amide bonds. The molecular weight excluding hydrogens is 198 g/mol. The maximum Gasteiger partial charge on any atom is 0.239 e. The Bertz CT molecular complexity index is 254. The van der Waals surface area contributed by atoms with E-state index in [1.165, 1.54) is 0 Å². The van der Waals surface area contributed by atoms with Crippen molar-refractivity contribution in [1.82, 2.24) is 5.32 Å². The van der Waals surface area contributed by atoms with Gasteiger partial charge in [-0.3, -0.25) is 9.79 Å². The molecule has 0 aromatic heterocycles. The van der Waals surface area contributed by atoms with Crippen molar-refractivity contribution >= 4 is 22.8 Å². The van der Waals surface area contributed by atoms with E-state index in [1.54, 1.807) is 11.8 Å². The summed E-state index contributed by atoms with van der Waals surface area (Å²) in [7, 11) is 0. The van der Waals surface area contributed by atoms with Crippen molar-refractivity contribution in [3.8, 4) is 0 Å². The van der Waals surface area contributed by atoms with Gasteiger partial charge in [-0.05, 0) is 19.8 Å². The van der Waals surface area contributed by atoms with Gasteiger partial charge in [0.2, 0.25) is 5.91 Å². The number of amidine groups is 1. The number of nitrogens with one attached hydrogen (secondary N) is 1. The van der Waals surface area contributed by atoms with Gasteiger partial charge in [-0.1, -0.05) is 18.7 Å². The minimum absolute atomic E-state index is 0.0785. The number of nitrogens with two attached hydrogens (primary N) is 1. The van der Waals surface area contributed by atoms with E-state index in [1.807, 2.05) is 0 Å². The number of nitrogens with zero attached hydrogens (tertiary/aromatic N) is 1. The first-order valence-electron chi connectivity index (χ1n) is 4.79. The predicted octanol–water partition coefficient (Wildman–Crippen LogP) is 0.723. The van der Waals surface area contributed by atoms with Crippen LogP contribution in [-0.4, -0.2) is 28.9 Å². The van der Waals surface area contributed by atoms with Gasteiger partial charge >= 0.3 is 0 Å². The number of thioether (sulfide) groups is 1. The fourth-order valence-electron chi connectivity index (χ4n) is 1.23. The third kappa shape index (κ3) is 3.21. The van der Waals surface area contributed by atoms with Gasteiger partial charge in [-0.25, -0.2) is 0 Å². The van der Waals surface area contributed by atoms with Crippen molar-refractivity contribution in [2.45, 2.75) is 32.2 Å². The highest BCUT2D eigenvalue weighted by atomic mass is 32.2. The highest BCUT2D eigenvalue weighted by Gasteiger charge is 2.27. The highest BCUT2D eigenvalue weighted by molar-refractivity contribution is 8.13. The normalized spacial score (nSPS) is 30.0. The Morgan fingerprint density at radius 3 is 3.07 bits per heavy atom. The fraction of sp³-hybridized carbons (Fsp3) is 0.778. The molecule has 0 spiro atoms. The molecule has 1 aliphatic rings. The van der Waals surface area contributed by atoms with Crippen LogP contribution in [0.5, 0.6) is 0 Å². The second-order valence-corrected chi connectivity index (χ2v) is 4.81. The van der Waals surface area contributed by atoms with Crippen LogP contribution in [-0.2, 0) is 4.79 Å². The molecule has 5 heteroatoms. The molecular formula is C9H17N3OS. The standard InChI is InChI=1S/C9H17N3OS/c1-3-9(2)4-5-14-8(12-9)11-6-7(10)13/h3-6H2,1-2H3,(H2,10,13)(H,11,12). The van der Waals surface area contributed by atoms with Crippen molar-refractivity contribution in [2.75, 3.05) is 12.3 Å². The highest BCUT2D eigenvalue weighted by Crippen LogP contribution is 2.24. The monoisotopic (exact) mass is 215 g/mol. The van der Waals surface area contributed by atoms with Gasteiger partial charge in [0.15, 0.2) is 5.17 Å². The van der Waals surface area contributed by atoms with E-state index in [9.17, 15) is 4.79 Å². The molecule has 1 atom stereocenters. The fourth-order valence-corrected chi connectivity index (χ4v) is 2.45. The van der Waals surface area contributed by atoms with E-state index in [0.29, 0.717) is 0 Å². The van der Waals surface area contributed by atoms with E-state index in [0.717, 1.165) is 23.8 Å². The van der Waals surface area contributed by atoms with Crippen LogP contribution in [0.3, 0.4) is 0 Å². The summed E-state index contributed by atoms with van der Waals surface area (Å²) in [5, 5.41) is 4.19. The minimum Gasteiger partial charge on any atom is -0.368 e. The SMILES string of the molecule is CCC1(C)CCSC(=NCC(N)=O)N1. The van der Waals surface area contributed by atoms with E-state index < -0.39 is 0 Å². The van der Waals surface area contributed by atoms with Gasteiger partial charge in [-0.15, -0.1) is 0 Å². The summed E-state index contributed by atoms with van der Waals surface area (Å²) >= 11 is 1.65. The minimum atomic E-state index is -0.385. The van der Waals surface area contributed by atoms with Gasteiger partial charge in [0.25, 0.3) is 0 Å². The Labute approximate surface area is 88.7 Å². The Morgan fingerprint density at radius 1 is 1.79 bits per heavy atom. The first kappa shape index (κ1) is 11.4. The first-order valence-corrected chi connectivity index (χ1v) is 5.78. The lowest BCUT2D eigenvalue weighted by Gasteiger charge is -2.35. The Hall–Kier alpha value is -0.710. The molecule has 3 N–H and O–H groups in total. The molecule has 1 unspecified atom stereocenters. The van der Waals surface area contributed by atoms with Crippen LogP contribution < -0.4 is 11.1 Å². The largest absolute Gasteiger partial charge is 0.368 e. The molecule has 1 aliphatic heterocycles.